The van der Waals surface area contributed by atoms with Crippen LogP contribution in [-0.2, 0) is 6.54 Å². The van der Waals surface area contributed by atoms with Gasteiger partial charge in [-0.15, -0.1) is 0 Å². The van der Waals surface area contributed by atoms with Gasteiger partial charge in [-0.25, -0.2) is 0 Å². The number of hydrogen-bond donors (Lipinski definition) is 1. The van der Waals surface area contributed by atoms with Crippen LogP contribution in [-0.4, -0.2) is 22.1 Å². The Kier molecular flexibility index (Phi) is 5.66. The molecule has 0 saturated carbocycles. The molecule has 1 aromatic carbocycles. The van der Waals surface area contributed by atoms with Crippen LogP contribution in [0.15, 0.2) is 56.3 Å². The number of nitriles is 1. The summed E-state index contributed by atoms with van der Waals surface area (Å²) in [5.74, 6) is -0.210. The number of pyridine rings is 1. The maximum absolute atomic E-state index is 12.7. The Morgan fingerprint density at radius 2 is 2.04 bits per heavy atom. The number of aromatic nitrogens is 1. The Morgan fingerprint density at radius 1 is 1.32 bits per heavy atom. The van der Waals surface area contributed by atoms with Crippen LogP contribution in [0, 0.1) is 18.3 Å². The van der Waals surface area contributed by atoms with Crippen molar-refractivity contribution in [3.63, 3.8) is 0 Å². The molecular weight excluding hydrogens is 428 g/mol. The molecule has 0 spiro atoms. The lowest BCUT2D eigenvalue weighted by Gasteiger charge is -2.15. The molecule has 0 amide bonds. The topological polar surface area (TPSA) is 105 Å². The Bertz CT molecular complexity index is 1110. The Morgan fingerprint density at radius 3 is 2.64 bits per heavy atom. The van der Waals surface area contributed by atoms with Crippen LogP contribution < -0.4 is 10.3 Å². The molecular formula is C20H15BrN2O5. The summed E-state index contributed by atoms with van der Waals surface area (Å²) in [6.07, 6.45) is 1.43. The number of furan rings is 1. The number of rotatable bonds is 6. The van der Waals surface area contributed by atoms with Gasteiger partial charge >= 0.3 is 0 Å². The molecule has 3 aromatic rings. The second kappa shape index (κ2) is 8.15. The fourth-order valence-electron chi connectivity index (χ4n) is 2.74. The lowest BCUT2D eigenvalue weighted by molar-refractivity contribution is 0.0916. The van der Waals surface area contributed by atoms with Crippen molar-refractivity contribution in [1.82, 2.24) is 4.57 Å². The van der Waals surface area contributed by atoms with Gasteiger partial charge in [0.05, 0.1) is 18.4 Å². The van der Waals surface area contributed by atoms with Crippen LogP contribution in [0.5, 0.6) is 11.6 Å². The summed E-state index contributed by atoms with van der Waals surface area (Å²) in [7, 11) is 0. The van der Waals surface area contributed by atoms with Crippen LogP contribution in [0.1, 0.15) is 27.2 Å². The highest BCUT2D eigenvalue weighted by Crippen LogP contribution is 2.24. The van der Waals surface area contributed by atoms with Crippen molar-refractivity contribution in [2.24, 2.45) is 0 Å². The minimum absolute atomic E-state index is 0.111. The third-order valence-electron chi connectivity index (χ3n) is 4.16. The fraction of sp³-hybridized carbons (Fsp3) is 0.150. The predicted octanol–water partition coefficient (Wildman–Crippen LogP) is 3.40. The number of ether oxygens (including phenoxy) is 1. The molecule has 142 valence electrons. The number of nitrogens with zero attached hydrogens (tertiary/aromatic N) is 2. The number of carbonyl (C=O) groups excluding carboxylic acids is 1. The molecule has 0 atom stereocenters. The zero-order valence-electron chi connectivity index (χ0n) is 14.8. The maximum Gasteiger partial charge on any atom is 0.271 e. The zero-order valence-corrected chi connectivity index (χ0v) is 16.4. The number of carbonyl (C=O) groups is 1. The summed E-state index contributed by atoms with van der Waals surface area (Å²) in [5.41, 5.74) is -0.916. The summed E-state index contributed by atoms with van der Waals surface area (Å²) in [6.45, 7) is 0.976. The molecule has 0 aliphatic carbocycles. The summed E-state index contributed by atoms with van der Waals surface area (Å²) in [5, 5.41) is 20.0. The van der Waals surface area contributed by atoms with E-state index in [-0.39, 0.29) is 29.8 Å². The zero-order chi connectivity index (χ0) is 20.3. The van der Waals surface area contributed by atoms with Crippen molar-refractivity contribution in [2.45, 2.75) is 13.5 Å². The summed E-state index contributed by atoms with van der Waals surface area (Å²) >= 11 is 3.31. The highest BCUT2D eigenvalue weighted by atomic mass is 79.9. The average molecular weight is 443 g/mol. The van der Waals surface area contributed by atoms with Crippen LogP contribution in [0.3, 0.4) is 0 Å². The fourth-order valence-corrected chi connectivity index (χ4v) is 3.01. The SMILES string of the molecule is Cc1c(C(=O)COc2ccc(Br)cc2)c(O)n(Cc2ccco2)c(=O)c1C#N. The van der Waals surface area contributed by atoms with Gasteiger partial charge in [-0.2, -0.15) is 5.26 Å². The van der Waals surface area contributed by atoms with Crippen molar-refractivity contribution < 1.29 is 19.1 Å². The van der Waals surface area contributed by atoms with E-state index in [9.17, 15) is 20.0 Å². The van der Waals surface area contributed by atoms with Crippen molar-refractivity contribution in [2.75, 3.05) is 6.61 Å². The third-order valence-corrected chi connectivity index (χ3v) is 4.69. The predicted molar refractivity (Wildman–Crippen MR) is 104 cm³/mol. The molecule has 0 saturated heterocycles. The molecule has 28 heavy (non-hydrogen) atoms. The van der Waals surface area contributed by atoms with E-state index < -0.39 is 17.2 Å². The van der Waals surface area contributed by atoms with Gasteiger partial charge in [-0.05, 0) is 48.9 Å². The highest BCUT2D eigenvalue weighted by Gasteiger charge is 2.24. The molecule has 0 aliphatic heterocycles. The number of aromatic hydroxyl groups is 1. The summed E-state index contributed by atoms with van der Waals surface area (Å²) < 4.78 is 12.5. The molecule has 2 heterocycles. The molecule has 0 radical (unpaired) electrons. The number of benzene rings is 1. The largest absolute Gasteiger partial charge is 0.494 e. The second-order valence-electron chi connectivity index (χ2n) is 5.95. The van der Waals surface area contributed by atoms with E-state index in [2.05, 4.69) is 15.9 Å². The Hall–Kier alpha value is -3.31. The first kappa shape index (κ1) is 19.5. The van der Waals surface area contributed by atoms with Gasteiger partial charge in [0.2, 0.25) is 11.7 Å². The Balaban J connectivity index is 1.97. The summed E-state index contributed by atoms with van der Waals surface area (Å²) in [4.78, 5) is 25.3. The van der Waals surface area contributed by atoms with Crippen LogP contribution in [0.25, 0.3) is 0 Å². The maximum atomic E-state index is 12.7. The van der Waals surface area contributed by atoms with Gasteiger partial charge in [-0.1, -0.05) is 15.9 Å². The van der Waals surface area contributed by atoms with E-state index in [0.717, 1.165) is 9.04 Å². The first-order valence-corrected chi connectivity index (χ1v) is 9.02. The van der Waals surface area contributed by atoms with Crippen molar-refractivity contribution in [1.29, 1.82) is 5.26 Å². The smallest absolute Gasteiger partial charge is 0.271 e. The van der Waals surface area contributed by atoms with Crippen molar-refractivity contribution in [3.8, 4) is 17.7 Å². The number of halogens is 1. The van der Waals surface area contributed by atoms with Crippen LogP contribution in [0.4, 0.5) is 0 Å². The minimum Gasteiger partial charge on any atom is -0.494 e. The van der Waals surface area contributed by atoms with Gasteiger partial charge < -0.3 is 14.3 Å². The number of Topliss-reactive ketones (excluding diaryl/α,β-unsaturated/α-hetero) is 1. The monoisotopic (exact) mass is 442 g/mol. The molecule has 1 N–H and O–H groups in total. The first-order chi connectivity index (χ1) is 13.4. The number of hydrogen-bond acceptors (Lipinski definition) is 6. The van der Waals surface area contributed by atoms with E-state index in [4.69, 9.17) is 9.15 Å². The summed E-state index contributed by atoms with van der Waals surface area (Å²) in [6, 6.07) is 12.0. The molecule has 7 nitrogen and oxygen atoms in total. The van der Waals surface area contributed by atoms with E-state index >= 15 is 0 Å². The molecule has 2 aromatic heterocycles. The standard InChI is InChI=1S/C20H15BrN2O5/c1-12-16(9-22)19(25)23(10-15-3-2-8-27-15)20(26)18(12)17(24)11-28-14-6-4-13(21)5-7-14/h2-8,26H,10-11H2,1H3. The van der Waals surface area contributed by atoms with Gasteiger partial charge in [0.15, 0.2) is 6.61 Å². The van der Waals surface area contributed by atoms with Gasteiger partial charge in [0.25, 0.3) is 5.56 Å². The van der Waals surface area contributed by atoms with E-state index in [1.54, 1.807) is 36.4 Å². The van der Waals surface area contributed by atoms with Gasteiger partial charge in [-0.3, -0.25) is 14.2 Å². The van der Waals surface area contributed by atoms with Crippen molar-refractivity contribution in [3.05, 3.63) is 79.9 Å². The highest BCUT2D eigenvalue weighted by molar-refractivity contribution is 9.10. The second-order valence-corrected chi connectivity index (χ2v) is 6.86. The molecule has 8 heteroatoms. The number of ketones is 1. The third kappa shape index (κ3) is 3.85. The van der Waals surface area contributed by atoms with Gasteiger partial charge in [0, 0.05) is 4.47 Å². The van der Waals surface area contributed by atoms with Crippen molar-refractivity contribution >= 4 is 21.7 Å². The van der Waals surface area contributed by atoms with E-state index in [0.29, 0.717) is 11.5 Å². The van der Waals surface area contributed by atoms with Crippen LogP contribution in [0.2, 0.25) is 0 Å². The quantitative estimate of drug-likeness (QED) is 0.586. The van der Waals surface area contributed by atoms with E-state index in [1.807, 2.05) is 6.07 Å². The van der Waals surface area contributed by atoms with Gasteiger partial charge in [0.1, 0.15) is 23.1 Å². The molecule has 0 bridgehead atoms. The molecule has 0 fully saturated rings. The molecule has 3 rings (SSSR count). The lowest BCUT2D eigenvalue weighted by Crippen LogP contribution is -2.28. The normalized spacial score (nSPS) is 10.5. The molecule has 0 unspecified atom stereocenters. The van der Waals surface area contributed by atoms with Crippen LogP contribution >= 0.6 is 15.9 Å². The molecule has 0 aliphatic rings. The Labute approximate surface area is 168 Å². The van der Waals surface area contributed by atoms with E-state index in [1.165, 1.54) is 13.2 Å². The average Bonchev–Trinajstić information content (AvgIpc) is 3.18. The lowest BCUT2D eigenvalue weighted by atomic mass is 10.0. The minimum atomic E-state index is -0.695. The first-order valence-electron chi connectivity index (χ1n) is 8.22.